The Morgan fingerprint density at radius 2 is 2.35 bits per heavy atom. The van der Waals surface area contributed by atoms with E-state index in [0.717, 1.165) is 12.8 Å². The zero-order valence-electron chi connectivity index (χ0n) is 10.1. The molecular formula is C11H18FN3O2. The molecule has 5 nitrogen and oxygen atoms in total. The minimum absolute atomic E-state index is 0.216. The fraction of sp³-hybridized carbons (Fsp3) is 0.636. The van der Waals surface area contributed by atoms with Gasteiger partial charge in [0.15, 0.2) is 6.17 Å². The Morgan fingerprint density at radius 3 is 2.88 bits per heavy atom. The number of nitrogens with two attached hydrogens (primary N) is 1. The number of unbranched alkanes of at least 4 members (excludes halogenated alkanes) is 1. The van der Waals surface area contributed by atoms with Gasteiger partial charge in [0.1, 0.15) is 12.5 Å². The maximum atomic E-state index is 12.1. The highest BCUT2D eigenvalue weighted by Gasteiger charge is 2.09. The number of hydrogen-bond acceptors (Lipinski definition) is 3. The van der Waals surface area contributed by atoms with E-state index in [2.05, 4.69) is 22.2 Å². The zero-order valence-corrected chi connectivity index (χ0v) is 10.1. The van der Waals surface area contributed by atoms with Crippen molar-refractivity contribution in [3.05, 3.63) is 0 Å². The first-order valence-electron chi connectivity index (χ1n) is 5.37. The minimum Gasteiger partial charge on any atom is -0.450 e. The molecule has 0 rings (SSSR count). The second-order valence-electron chi connectivity index (χ2n) is 3.18. The molecule has 0 saturated heterocycles. The molecule has 0 aliphatic rings. The molecule has 0 radical (unpaired) electrons. The maximum Gasteiger partial charge on any atom is 0.409 e. The van der Waals surface area contributed by atoms with Gasteiger partial charge in [-0.15, -0.1) is 5.92 Å². The molecule has 0 heterocycles. The number of alkyl halides is 1. The summed E-state index contributed by atoms with van der Waals surface area (Å²) in [7, 11) is 0. The number of aliphatic imine (C=N–C) groups is 1. The molecule has 1 unspecified atom stereocenters. The quantitative estimate of drug-likeness (QED) is 0.318. The van der Waals surface area contributed by atoms with Crippen LogP contribution in [0.2, 0.25) is 0 Å². The summed E-state index contributed by atoms with van der Waals surface area (Å²) >= 11 is 0. The number of nitrogens with one attached hydrogen (secondary N) is 1. The van der Waals surface area contributed by atoms with Crippen molar-refractivity contribution in [2.24, 2.45) is 10.7 Å². The highest BCUT2D eigenvalue weighted by atomic mass is 19.1. The number of nitrogens with zero attached hydrogens (tertiary/aromatic N) is 1. The van der Waals surface area contributed by atoms with Crippen molar-refractivity contribution in [1.82, 2.24) is 5.32 Å². The van der Waals surface area contributed by atoms with Gasteiger partial charge in [-0.05, 0) is 13.3 Å². The number of amides is 1. The summed E-state index contributed by atoms with van der Waals surface area (Å²) in [6, 6.07) is 0. The second-order valence-corrected chi connectivity index (χ2v) is 3.18. The lowest BCUT2D eigenvalue weighted by atomic mass is 10.4. The van der Waals surface area contributed by atoms with Crippen LogP contribution in [0, 0.1) is 11.8 Å². The normalized spacial score (nSPS) is 12.3. The third-order valence-electron chi connectivity index (χ3n) is 1.70. The SMILES string of the molecule is CC#CC(N=C(N)CF)NC(=O)OCCCC. The summed E-state index contributed by atoms with van der Waals surface area (Å²) in [6.07, 6.45) is 0.206. The average molecular weight is 243 g/mol. The summed E-state index contributed by atoms with van der Waals surface area (Å²) in [5.41, 5.74) is 5.22. The van der Waals surface area contributed by atoms with Gasteiger partial charge in [-0.25, -0.2) is 14.2 Å². The molecule has 0 aromatic heterocycles. The maximum absolute atomic E-state index is 12.1. The molecule has 0 aliphatic heterocycles. The number of carbonyl (C=O) groups excluding carboxylic acids is 1. The van der Waals surface area contributed by atoms with E-state index < -0.39 is 18.9 Å². The number of amidine groups is 1. The molecule has 1 amide bonds. The number of alkyl carbamates (subject to hydrolysis) is 1. The number of carbonyl (C=O) groups is 1. The highest BCUT2D eigenvalue weighted by Crippen LogP contribution is 1.91. The van der Waals surface area contributed by atoms with Crippen molar-refractivity contribution in [2.75, 3.05) is 13.3 Å². The lowest BCUT2D eigenvalue weighted by Gasteiger charge is -2.10. The second kappa shape index (κ2) is 9.46. The highest BCUT2D eigenvalue weighted by molar-refractivity contribution is 5.82. The molecule has 0 aromatic rings. The van der Waals surface area contributed by atoms with Gasteiger partial charge in [0.25, 0.3) is 0 Å². The smallest absolute Gasteiger partial charge is 0.409 e. The number of rotatable bonds is 6. The Kier molecular flexibility index (Phi) is 8.47. The Balaban J connectivity index is 4.24. The van der Waals surface area contributed by atoms with E-state index in [4.69, 9.17) is 10.5 Å². The van der Waals surface area contributed by atoms with Crippen LogP contribution in [-0.4, -0.2) is 31.4 Å². The first-order valence-corrected chi connectivity index (χ1v) is 5.37. The van der Waals surface area contributed by atoms with Gasteiger partial charge in [-0.1, -0.05) is 19.3 Å². The Hall–Kier alpha value is -1.77. The minimum atomic E-state index is -0.880. The first kappa shape index (κ1) is 15.2. The third kappa shape index (κ3) is 8.08. The Morgan fingerprint density at radius 1 is 1.65 bits per heavy atom. The van der Waals surface area contributed by atoms with Gasteiger partial charge in [-0.3, -0.25) is 5.32 Å². The van der Waals surface area contributed by atoms with E-state index in [9.17, 15) is 9.18 Å². The van der Waals surface area contributed by atoms with Crippen LogP contribution >= 0.6 is 0 Å². The molecule has 3 N–H and O–H groups in total. The molecule has 1 atom stereocenters. The van der Waals surface area contributed by atoms with Crippen LogP contribution in [0.4, 0.5) is 9.18 Å². The molecule has 0 fully saturated rings. The van der Waals surface area contributed by atoms with Crippen molar-refractivity contribution in [3.63, 3.8) is 0 Å². The molecule has 0 bridgehead atoms. The van der Waals surface area contributed by atoms with E-state index in [1.807, 2.05) is 6.92 Å². The Bertz CT molecular complexity index is 320. The van der Waals surface area contributed by atoms with Crippen molar-refractivity contribution in [1.29, 1.82) is 0 Å². The molecule has 17 heavy (non-hydrogen) atoms. The van der Waals surface area contributed by atoms with Gasteiger partial charge in [0.2, 0.25) is 0 Å². The summed E-state index contributed by atoms with van der Waals surface area (Å²) in [4.78, 5) is 15.0. The number of halogens is 1. The van der Waals surface area contributed by atoms with Crippen LogP contribution in [0.15, 0.2) is 4.99 Å². The van der Waals surface area contributed by atoms with Crippen LogP contribution in [0.1, 0.15) is 26.7 Å². The van der Waals surface area contributed by atoms with Crippen molar-refractivity contribution < 1.29 is 13.9 Å². The fourth-order valence-corrected chi connectivity index (χ4v) is 0.900. The van der Waals surface area contributed by atoms with Gasteiger partial charge in [-0.2, -0.15) is 0 Å². The van der Waals surface area contributed by atoms with Crippen LogP contribution in [0.5, 0.6) is 0 Å². The molecule has 0 saturated carbocycles. The summed E-state index contributed by atoms with van der Waals surface area (Å²) < 4.78 is 17.0. The van der Waals surface area contributed by atoms with Crippen molar-refractivity contribution in [2.45, 2.75) is 32.9 Å². The van der Waals surface area contributed by atoms with E-state index in [0.29, 0.717) is 6.61 Å². The lowest BCUT2D eigenvalue weighted by molar-refractivity contribution is 0.143. The molecule has 6 heteroatoms. The van der Waals surface area contributed by atoms with Crippen molar-refractivity contribution in [3.8, 4) is 11.8 Å². The molecule has 96 valence electrons. The molecule has 0 aliphatic carbocycles. The number of ether oxygens (including phenoxy) is 1. The van der Waals surface area contributed by atoms with Gasteiger partial charge in [0.05, 0.1) is 6.61 Å². The van der Waals surface area contributed by atoms with Gasteiger partial charge >= 0.3 is 6.09 Å². The summed E-state index contributed by atoms with van der Waals surface area (Å²) in [5.74, 6) is 4.92. The largest absolute Gasteiger partial charge is 0.450 e. The molecule has 0 spiro atoms. The number of hydrogen-bond donors (Lipinski definition) is 2. The van der Waals surface area contributed by atoms with E-state index in [-0.39, 0.29) is 5.84 Å². The predicted octanol–water partition coefficient (Wildman–Crippen LogP) is 1.19. The van der Waals surface area contributed by atoms with E-state index in [1.54, 1.807) is 6.92 Å². The third-order valence-corrected chi connectivity index (χ3v) is 1.70. The fourth-order valence-electron chi connectivity index (χ4n) is 0.900. The first-order chi connectivity index (χ1) is 8.13. The van der Waals surface area contributed by atoms with Crippen LogP contribution in [0.3, 0.4) is 0 Å². The van der Waals surface area contributed by atoms with E-state index >= 15 is 0 Å². The molecular weight excluding hydrogens is 225 g/mol. The lowest BCUT2D eigenvalue weighted by Crippen LogP contribution is -2.35. The summed E-state index contributed by atoms with van der Waals surface area (Å²) in [5, 5.41) is 2.37. The standard InChI is InChI=1S/C11H18FN3O2/c1-3-5-7-17-11(16)15-10(6-4-2)14-9(13)8-12/h10H,3,5,7-8H2,1-2H3,(H2,13,14)(H,15,16). The monoisotopic (exact) mass is 243 g/mol. The topological polar surface area (TPSA) is 76.7 Å². The summed E-state index contributed by atoms with van der Waals surface area (Å²) in [6.45, 7) is 3.02. The average Bonchev–Trinajstić information content (AvgIpc) is 2.29. The van der Waals surface area contributed by atoms with Gasteiger partial charge < -0.3 is 10.5 Å². The molecule has 0 aromatic carbocycles. The Labute approximate surface area is 101 Å². The van der Waals surface area contributed by atoms with Crippen LogP contribution in [-0.2, 0) is 4.74 Å². The zero-order chi connectivity index (χ0) is 13.1. The van der Waals surface area contributed by atoms with Crippen LogP contribution in [0.25, 0.3) is 0 Å². The van der Waals surface area contributed by atoms with E-state index in [1.165, 1.54) is 0 Å². The van der Waals surface area contributed by atoms with Gasteiger partial charge in [0, 0.05) is 0 Å². The van der Waals surface area contributed by atoms with Crippen molar-refractivity contribution >= 4 is 11.9 Å². The van der Waals surface area contributed by atoms with Crippen LogP contribution < -0.4 is 11.1 Å². The predicted molar refractivity (Wildman–Crippen MR) is 64.2 cm³/mol.